The zero-order chi connectivity index (χ0) is 13.2. The smallest absolute Gasteiger partial charge is 0.416 e. The Labute approximate surface area is 94.5 Å². The van der Waals surface area contributed by atoms with E-state index in [4.69, 9.17) is 10.8 Å². The number of benzene rings is 1. The van der Waals surface area contributed by atoms with Crippen LogP contribution in [0.25, 0.3) is 0 Å². The lowest BCUT2D eigenvalue weighted by Crippen LogP contribution is -2.10. The third-order valence-corrected chi connectivity index (χ3v) is 2.14. The fourth-order valence-corrected chi connectivity index (χ4v) is 1.33. The molecular formula is C10H10F3NO3. The highest BCUT2D eigenvalue weighted by atomic mass is 19.4. The Hall–Kier alpha value is -1.76. The van der Waals surface area contributed by atoms with Gasteiger partial charge in [-0.1, -0.05) is 6.07 Å². The molecule has 7 heteroatoms. The maximum absolute atomic E-state index is 12.3. The number of hydrogen-bond acceptors (Lipinski definition) is 3. The van der Waals surface area contributed by atoms with E-state index < -0.39 is 30.2 Å². The van der Waals surface area contributed by atoms with E-state index in [2.05, 4.69) is 0 Å². The minimum atomic E-state index is -4.52. The molecule has 0 saturated heterocycles. The summed E-state index contributed by atoms with van der Waals surface area (Å²) in [5, 5.41) is 17.9. The number of nitrogens with two attached hydrogens (primary N) is 1. The molecule has 94 valence electrons. The first kappa shape index (κ1) is 13.3. The monoisotopic (exact) mass is 249 g/mol. The summed E-state index contributed by atoms with van der Waals surface area (Å²) in [6.07, 6.45) is -6.56. The molecule has 0 heterocycles. The Morgan fingerprint density at radius 2 is 2.00 bits per heavy atom. The van der Waals surface area contributed by atoms with Gasteiger partial charge in [0.05, 0.1) is 18.1 Å². The molecule has 0 fully saturated rings. The van der Waals surface area contributed by atoms with Crippen LogP contribution in [0.1, 0.15) is 23.7 Å². The summed E-state index contributed by atoms with van der Waals surface area (Å²) in [4.78, 5) is 10.3. The molecule has 1 aromatic rings. The molecule has 17 heavy (non-hydrogen) atoms. The second-order valence-electron chi connectivity index (χ2n) is 3.46. The van der Waals surface area contributed by atoms with Crippen LogP contribution in [-0.2, 0) is 11.0 Å². The van der Waals surface area contributed by atoms with E-state index in [1.54, 1.807) is 0 Å². The van der Waals surface area contributed by atoms with Gasteiger partial charge in [0.2, 0.25) is 0 Å². The van der Waals surface area contributed by atoms with Crippen molar-refractivity contribution in [1.29, 1.82) is 0 Å². The lowest BCUT2D eigenvalue weighted by molar-refractivity contribution is -0.139. The molecule has 0 aliphatic rings. The van der Waals surface area contributed by atoms with E-state index >= 15 is 0 Å². The van der Waals surface area contributed by atoms with E-state index in [1.807, 2.05) is 0 Å². The number of carboxylic acid groups (broad SMARTS) is 1. The van der Waals surface area contributed by atoms with Gasteiger partial charge in [0, 0.05) is 11.3 Å². The third kappa shape index (κ3) is 3.35. The SMILES string of the molecule is Nc1cc(C(F)(F)F)ccc1C(O)CC(=O)O. The van der Waals surface area contributed by atoms with Crippen LogP contribution in [0.4, 0.5) is 18.9 Å². The van der Waals surface area contributed by atoms with Crippen LogP contribution >= 0.6 is 0 Å². The van der Waals surface area contributed by atoms with Gasteiger partial charge in [0.15, 0.2) is 0 Å². The fraction of sp³-hybridized carbons (Fsp3) is 0.300. The highest BCUT2D eigenvalue weighted by Crippen LogP contribution is 2.33. The van der Waals surface area contributed by atoms with Crippen molar-refractivity contribution in [2.75, 3.05) is 5.73 Å². The molecule has 0 saturated carbocycles. The molecule has 1 rings (SSSR count). The average molecular weight is 249 g/mol. The largest absolute Gasteiger partial charge is 0.481 e. The Morgan fingerprint density at radius 3 is 2.41 bits per heavy atom. The second-order valence-corrected chi connectivity index (χ2v) is 3.46. The van der Waals surface area contributed by atoms with Gasteiger partial charge >= 0.3 is 12.1 Å². The first-order chi connectivity index (χ1) is 7.71. The molecule has 0 radical (unpaired) electrons. The Bertz CT molecular complexity index is 431. The molecule has 0 bridgehead atoms. The predicted molar refractivity (Wildman–Crippen MR) is 53.1 cm³/mol. The van der Waals surface area contributed by atoms with Crippen LogP contribution in [0.3, 0.4) is 0 Å². The van der Waals surface area contributed by atoms with Gasteiger partial charge in [-0.3, -0.25) is 4.79 Å². The van der Waals surface area contributed by atoms with E-state index in [0.717, 1.165) is 12.1 Å². The van der Waals surface area contributed by atoms with Gasteiger partial charge in [0.25, 0.3) is 0 Å². The first-order valence-corrected chi connectivity index (χ1v) is 4.58. The highest BCUT2D eigenvalue weighted by molar-refractivity contribution is 5.68. The third-order valence-electron chi connectivity index (χ3n) is 2.14. The summed E-state index contributed by atoms with van der Waals surface area (Å²) >= 11 is 0. The Balaban J connectivity index is 3.02. The van der Waals surface area contributed by atoms with Crippen LogP contribution in [0.15, 0.2) is 18.2 Å². The molecule has 1 aromatic carbocycles. The van der Waals surface area contributed by atoms with Gasteiger partial charge in [-0.05, 0) is 12.1 Å². The maximum atomic E-state index is 12.3. The van der Waals surface area contributed by atoms with Crippen LogP contribution in [0.2, 0.25) is 0 Å². The molecule has 4 N–H and O–H groups in total. The van der Waals surface area contributed by atoms with Crippen molar-refractivity contribution in [2.45, 2.75) is 18.7 Å². The van der Waals surface area contributed by atoms with Gasteiger partial charge in [-0.15, -0.1) is 0 Å². The average Bonchev–Trinajstić information content (AvgIpc) is 2.14. The number of rotatable bonds is 3. The van der Waals surface area contributed by atoms with Crippen molar-refractivity contribution in [3.05, 3.63) is 29.3 Å². The number of alkyl halides is 3. The number of aliphatic hydroxyl groups excluding tert-OH is 1. The minimum Gasteiger partial charge on any atom is -0.481 e. The Morgan fingerprint density at radius 1 is 1.41 bits per heavy atom. The van der Waals surface area contributed by atoms with Crippen molar-refractivity contribution < 1.29 is 28.2 Å². The first-order valence-electron chi connectivity index (χ1n) is 4.58. The number of halogens is 3. The fourth-order valence-electron chi connectivity index (χ4n) is 1.33. The standard InChI is InChI=1S/C10H10F3NO3/c11-10(12,13)5-1-2-6(7(14)3-5)8(15)4-9(16)17/h1-3,8,15H,4,14H2,(H,16,17). The number of aliphatic carboxylic acids is 1. The summed E-state index contributed by atoms with van der Waals surface area (Å²) in [5.74, 6) is -1.27. The van der Waals surface area contributed by atoms with Crippen LogP contribution < -0.4 is 5.73 Å². The summed E-state index contributed by atoms with van der Waals surface area (Å²) in [7, 11) is 0. The molecular weight excluding hydrogens is 239 g/mol. The predicted octanol–water partition coefficient (Wildman–Crippen LogP) is 1.80. The summed E-state index contributed by atoms with van der Waals surface area (Å²) in [6.45, 7) is 0. The van der Waals surface area contributed by atoms with Crippen molar-refractivity contribution in [3.63, 3.8) is 0 Å². The van der Waals surface area contributed by atoms with Gasteiger partial charge in [-0.25, -0.2) is 0 Å². The zero-order valence-corrected chi connectivity index (χ0v) is 8.53. The summed E-state index contributed by atoms with van der Waals surface area (Å²) in [5.41, 5.74) is 4.09. The second kappa shape index (κ2) is 4.62. The molecule has 0 aliphatic carbocycles. The van der Waals surface area contributed by atoms with Crippen molar-refractivity contribution in [2.24, 2.45) is 0 Å². The molecule has 0 aromatic heterocycles. The number of anilines is 1. The van der Waals surface area contributed by atoms with Crippen LogP contribution in [-0.4, -0.2) is 16.2 Å². The van der Waals surface area contributed by atoms with Crippen molar-refractivity contribution in [3.8, 4) is 0 Å². The summed E-state index contributed by atoms with van der Waals surface area (Å²) in [6, 6.07) is 2.39. The van der Waals surface area contributed by atoms with E-state index in [0.29, 0.717) is 6.07 Å². The molecule has 4 nitrogen and oxygen atoms in total. The quantitative estimate of drug-likeness (QED) is 0.713. The van der Waals surface area contributed by atoms with Crippen molar-refractivity contribution >= 4 is 11.7 Å². The van der Waals surface area contributed by atoms with Crippen LogP contribution in [0.5, 0.6) is 0 Å². The maximum Gasteiger partial charge on any atom is 0.416 e. The lowest BCUT2D eigenvalue weighted by atomic mass is 10.0. The molecule has 0 amide bonds. The van der Waals surface area contributed by atoms with E-state index in [1.165, 1.54) is 0 Å². The minimum absolute atomic E-state index is 0.0274. The number of nitrogen functional groups attached to an aromatic ring is 1. The molecule has 1 atom stereocenters. The van der Waals surface area contributed by atoms with Gasteiger partial charge < -0.3 is 15.9 Å². The topological polar surface area (TPSA) is 83.5 Å². The summed E-state index contributed by atoms with van der Waals surface area (Å²) < 4.78 is 36.9. The number of hydrogen-bond donors (Lipinski definition) is 3. The van der Waals surface area contributed by atoms with Gasteiger partial charge in [0.1, 0.15) is 0 Å². The molecule has 0 aliphatic heterocycles. The lowest BCUT2D eigenvalue weighted by Gasteiger charge is -2.14. The molecule has 1 unspecified atom stereocenters. The van der Waals surface area contributed by atoms with Crippen molar-refractivity contribution in [1.82, 2.24) is 0 Å². The molecule has 0 spiro atoms. The van der Waals surface area contributed by atoms with Gasteiger partial charge in [-0.2, -0.15) is 13.2 Å². The van der Waals surface area contributed by atoms with E-state index in [-0.39, 0.29) is 11.3 Å². The number of carbonyl (C=O) groups is 1. The number of carboxylic acids is 1. The van der Waals surface area contributed by atoms with Crippen LogP contribution in [0, 0.1) is 0 Å². The zero-order valence-electron chi connectivity index (χ0n) is 8.53. The highest BCUT2D eigenvalue weighted by Gasteiger charge is 2.31. The number of aliphatic hydroxyl groups is 1. The Kier molecular flexibility index (Phi) is 3.62. The van der Waals surface area contributed by atoms with E-state index in [9.17, 15) is 23.1 Å². The normalized spacial score (nSPS) is 13.4.